The number of rotatable bonds is 13. The van der Waals surface area contributed by atoms with Gasteiger partial charge in [-0.2, -0.15) is 0 Å². The number of β-lactam (4-membered cyclic amide) rings is 1. The molecule has 6 N–H and O–H groups in total. The highest BCUT2D eigenvalue weighted by atomic mass is 32.2. The summed E-state index contributed by atoms with van der Waals surface area (Å²) in [4.78, 5) is 70.2. The van der Waals surface area contributed by atoms with Crippen LogP contribution in [0.5, 0.6) is 17.2 Å². The van der Waals surface area contributed by atoms with Crippen molar-refractivity contribution < 1.29 is 48.8 Å². The van der Waals surface area contributed by atoms with Gasteiger partial charge in [-0.15, -0.1) is 16.9 Å². The van der Waals surface area contributed by atoms with E-state index in [1.807, 2.05) is 19.0 Å². The Kier molecular flexibility index (Phi) is 10.3. The molecule has 4 aromatic rings. The minimum absolute atomic E-state index is 0.119. The zero-order valence-corrected chi connectivity index (χ0v) is 29.8. The largest absolute Gasteiger partial charge is 0.508 e. The Balaban J connectivity index is 1.25. The first kappa shape index (κ1) is 37.1. The first-order valence-electron chi connectivity index (χ1n) is 15.6. The maximum Gasteiger partial charge on any atom is 0.352 e. The maximum atomic E-state index is 14.0. The quantitative estimate of drug-likeness (QED) is 0.0466. The monoisotopic (exact) mass is 768 g/mol. The molecule has 0 bridgehead atoms. The van der Waals surface area contributed by atoms with Crippen LogP contribution >= 0.6 is 23.5 Å². The number of carboxylic acid groups (broad SMARTS) is 1. The van der Waals surface area contributed by atoms with E-state index in [2.05, 4.69) is 26.2 Å². The van der Waals surface area contributed by atoms with Gasteiger partial charge in [-0.25, -0.2) is 9.48 Å². The van der Waals surface area contributed by atoms with E-state index in [9.17, 15) is 44.4 Å². The fourth-order valence-electron chi connectivity index (χ4n) is 5.68. The number of nitrogens with one attached hydrogen (secondary N) is 2. The standard InChI is InChI=1S/C32H32N8O11S2/c1-38(2)8-9-39-31(35-36-37-39)53-14-16-13-52-30-32(50-3,29(49)40(30)24(16)28(47)48)34-27(46)23(15-4-6-17(41)7-5-15)33-26(45)19-12-51-22-11-21(43)20(42)10-18(22)25(19)44/h4-7,10-12,23,30,41-43H,8-9,13-14H2,1-3H3,(H,33,45)(H,34,46)(H,47,48)/t23?,30-,32-/m0/s1. The predicted octanol–water partition coefficient (Wildman–Crippen LogP) is 0.434. The smallest absolute Gasteiger partial charge is 0.352 e. The van der Waals surface area contributed by atoms with E-state index < -0.39 is 63.3 Å². The third-order valence-corrected chi connectivity index (χ3v) is 10.9. The van der Waals surface area contributed by atoms with Gasteiger partial charge in [-0.3, -0.25) is 24.1 Å². The number of likely N-dealkylation sites (N-methyl/N-ethyl adjacent to an activating group) is 1. The molecule has 3 atom stereocenters. The summed E-state index contributed by atoms with van der Waals surface area (Å²) in [7, 11) is 4.97. The predicted molar refractivity (Wildman–Crippen MR) is 187 cm³/mol. The third kappa shape index (κ3) is 6.98. The molecule has 21 heteroatoms. The highest BCUT2D eigenvalue weighted by Gasteiger charge is 2.67. The van der Waals surface area contributed by atoms with E-state index in [1.54, 1.807) is 4.68 Å². The molecule has 2 aromatic carbocycles. The molecule has 0 spiro atoms. The number of ether oxygens (including phenoxy) is 1. The summed E-state index contributed by atoms with van der Waals surface area (Å²) in [5, 5.41) is 55.7. The lowest BCUT2D eigenvalue weighted by atomic mass is 9.96. The van der Waals surface area contributed by atoms with Crippen molar-refractivity contribution >= 4 is 58.2 Å². The van der Waals surface area contributed by atoms with Crippen LogP contribution in [0.2, 0.25) is 0 Å². The van der Waals surface area contributed by atoms with Gasteiger partial charge >= 0.3 is 5.97 Å². The van der Waals surface area contributed by atoms with Crippen LogP contribution in [0, 0.1) is 0 Å². The lowest BCUT2D eigenvalue weighted by Gasteiger charge is -2.56. The number of carbonyl (C=O) groups excluding carboxylic acids is 3. The lowest BCUT2D eigenvalue weighted by Crippen LogP contribution is -2.81. The molecule has 53 heavy (non-hydrogen) atoms. The number of amides is 3. The SMILES string of the molecule is CO[C@@]1(NC(=O)C(NC(=O)c2coc3cc(O)c(O)cc3c2=O)c2ccc(O)cc2)C(=O)N2C(C(=O)O)=C(CSc3nnnn3CCN(C)C)CS[C@H]21. The van der Waals surface area contributed by atoms with Crippen molar-refractivity contribution in [3.63, 3.8) is 0 Å². The number of aromatic nitrogens is 4. The number of tetrazole rings is 1. The second-order valence-electron chi connectivity index (χ2n) is 12.1. The second-order valence-corrected chi connectivity index (χ2v) is 14.1. The molecule has 3 amide bonds. The Morgan fingerprint density at radius 3 is 2.55 bits per heavy atom. The van der Waals surface area contributed by atoms with Crippen LogP contribution in [0.3, 0.4) is 0 Å². The Labute approximate surface area is 307 Å². The van der Waals surface area contributed by atoms with Crippen LogP contribution in [0.25, 0.3) is 11.0 Å². The lowest BCUT2D eigenvalue weighted by molar-refractivity contribution is -0.192. The van der Waals surface area contributed by atoms with Crippen molar-refractivity contribution in [2.24, 2.45) is 0 Å². The Bertz CT molecular complexity index is 2210. The summed E-state index contributed by atoms with van der Waals surface area (Å²) < 4.78 is 12.5. The normalized spacial score (nSPS) is 18.8. The fraction of sp³-hybridized carbons (Fsp3) is 0.312. The van der Waals surface area contributed by atoms with Gasteiger partial charge < -0.3 is 45.1 Å². The molecular formula is C32H32N8O11S2. The first-order valence-corrected chi connectivity index (χ1v) is 17.7. The fourth-order valence-corrected chi connectivity index (χ4v) is 8.16. The molecule has 2 aliphatic heterocycles. The molecule has 1 fully saturated rings. The molecule has 1 saturated heterocycles. The number of phenols is 3. The number of aliphatic carboxylic acids is 1. The van der Waals surface area contributed by atoms with E-state index in [0.29, 0.717) is 23.8 Å². The number of methoxy groups -OCH3 is 1. The number of aromatic hydroxyl groups is 3. The second kappa shape index (κ2) is 14.8. The van der Waals surface area contributed by atoms with Gasteiger partial charge in [0.15, 0.2) is 11.5 Å². The van der Waals surface area contributed by atoms with Crippen molar-refractivity contribution in [2.75, 3.05) is 39.3 Å². The Morgan fingerprint density at radius 1 is 1.15 bits per heavy atom. The van der Waals surface area contributed by atoms with Gasteiger partial charge in [0.25, 0.3) is 17.5 Å². The molecule has 6 rings (SSSR count). The van der Waals surface area contributed by atoms with Gasteiger partial charge in [0, 0.05) is 31.2 Å². The van der Waals surface area contributed by atoms with Gasteiger partial charge in [0.1, 0.15) is 40.3 Å². The Hall–Kier alpha value is -5.64. The maximum absolute atomic E-state index is 14.0. The molecule has 2 aliphatic rings. The van der Waals surface area contributed by atoms with Crippen LogP contribution in [-0.2, 0) is 25.7 Å². The molecule has 1 unspecified atom stereocenters. The van der Waals surface area contributed by atoms with Crippen LogP contribution in [0.4, 0.5) is 0 Å². The highest BCUT2D eigenvalue weighted by Crippen LogP contribution is 2.47. The van der Waals surface area contributed by atoms with Gasteiger partial charge in [0.2, 0.25) is 16.5 Å². The molecule has 0 radical (unpaired) electrons. The van der Waals surface area contributed by atoms with Crippen LogP contribution < -0.4 is 16.1 Å². The number of thioether (sulfide) groups is 2. The molecule has 0 aliphatic carbocycles. The highest BCUT2D eigenvalue weighted by molar-refractivity contribution is 8.01. The first-order chi connectivity index (χ1) is 25.2. The van der Waals surface area contributed by atoms with Gasteiger partial charge in [-0.1, -0.05) is 23.9 Å². The van der Waals surface area contributed by atoms with Gasteiger partial charge in [-0.05, 0) is 53.9 Å². The van der Waals surface area contributed by atoms with Crippen LogP contribution in [0.1, 0.15) is 22.0 Å². The number of carboxylic acids is 1. The van der Waals surface area contributed by atoms with E-state index >= 15 is 0 Å². The molecule has 4 heterocycles. The van der Waals surface area contributed by atoms with E-state index in [1.165, 1.54) is 43.1 Å². The van der Waals surface area contributed by atoms with Crippen molar-refractivity contribution in [1.82, 2.24) is 40.6 Å². The summed E-state index contributed by atoms with van der Waals surface area (Å²) >= 11 is 2.37. The summed E-state index contributed by atoms with van der Waals surface area (Å²) in [6, 6.07) is 5.51. The number of hydrogen-bond acceptors (Lipinski definition) is 16. The number of carbonyl (C=O) groups is 4. The number of benzene rings is 2. The van der Waals surface area contributed by atoms with E-state index in [-0.39, 0.29) is 39.5 Å². The average Bonchev–Trinajstić information content (AvgIpc) is 3.59. The molecule has 0 saturated carbocycles. The number of hydrogen-bond donors (Lipinski definition) is 6. The summed E-state index contributed by atoms with van der Waals surface area (Å²) in [6.07, 6.45) is 0.824. The van der Waals surface area contributed by atoms with Crippen molar-refractivity contribution in [2.45, 2.75) is 28.8 Å². The number of nitrogens with zero attached hydrogens (tertiary/aromatic N) is 6. The van der Waals surface area contributed by atoms with E-state index in [4.69, 9.17) is 9.15 Å². The van der Waals surface area contributed by atoms with Crippen LogP contribution in [-0.4, -0.2) is 124 Å². The van der Waals surface area contributed by atoms with Gasteiger partial charge in [0.05, 0.1) is 11.9 Å². The van der Waals surface area contributed by atoms with E-state index in [0.717, 1.165) is 35.1 Å². The summed E-state index contributed by atoms with van der Waals surface area (Å²) in [5.74, 6) is -5.33. The number of fused-ring (bicyclic) bond motifs is 2. The zero-order valence-electron chi connectivity index (χ0n) is 28.2. The molecule has 2 aromatic heterocycles. The summed E-state index contributed by atoms with van der Waals surface area (Å²) in [6.45, 7) is 1.17. The molecule has 278 valence electrons. The topological polar surface area (TPSA) is 263 Å². The summed E-state index contributed by atoms with van der Waals surface area (Å²) in [5.41, 5.74) is -3.33. The minimum atomic E-state index is -2.06. The number of phenolic OH excluding ortho intramolecular Hbond substituents is 3. The van der Waals surface area contributed by atoms with Crippen molar-refractivity contribution in [3.8, 4) is 17.2 Å². The zero-order chi connectivity index (χ0) is 38.2. The Morgan fingerprint density at radius 2 is 1.87 bits per heavy atom. The molecular weight excluding hydrogens is 737 g/mol. The minimum Gasteiger partial charge on any atom is -0.508 e. The average molecular weight is 769 g/mol. The molecule has 19 nitrogen and oxygen atoms in total. The van der Waals surface area contributed by atoms with Crippen LogP contribution in [0.15, 0.2) is 68.3 Å². The third-order valence-electron chi connectivity index (χ3n) is 8.46. The van der Waals surface area contributed by atoms with Crippen molar-refractivity contribution in [3.05, 3.63) is 75.3 Å². The van der Waals surface area contributed by atoms with Crippen molar-refractivity contribution in [1.29, 1.82) is 0 Å².